The maximum atomic E-state index is 2.69. The first-order valence-corrected chi connectivity index (χ1v) is 8.30. The van der Waals surface area contributed by atoms with Crippen molar-refractivity contribution in [3.8, 4) is 0 Å². The molecule has 16 heavy (non-hydrogen) atoms. The molecule has 2 saturated carbocycles. The van der Waals surface area contributed by atoms with Crippen LogP contribution >= 0.6 is 8.07 Å². The van der Waals surface area contributed by atoms with Crippen LogP contribution in [0.5, 0.6) is 0 Å². The van der Waals surface area contributed by atoms with Crippen LogP contribution in [-0.4, -0.2) is 12.3 Å². The van der Waals surface area contributed by atoms with Crippen molar-refractivity contribution < 1.29 is 0 Å². The number of fused-ring (bicyclic) bond motifs is 3. The molecule has 0 aromatic heterocycles. The topological polar surface area (TPSA) is 0 Å². The molecule has 0 nitrogen and oxygen atoms in total. The summed E-state index contributed by atoms with van der Waals surface area (Å²) in [5.41, 5.74) is 1.04. The third kappa shape index (κ3) is 2.05. The number of hydrogen-bond donors (Lipinski definition) is 0. The molecule has 3 rings (SSSR count). The summed E-state index contributed by atoms with van der Waals surface area (Å²) >= 11 is 0. The summed E-state index contributed by atoms with van der Waals surface area (Å²) in [4.78, 5) is 0. The minimum absolute atomic E-state index is 0.986. The fraction of sp³-hybridized carbons (Fsp3) is 1.00. The van der Waals surface area contributed by atoms with E-state index in [4.69, 9.17) is 0 Å². The quantitative estimate of drug-likeness (QED) is 0.424. The van der Waals surface area contributed by atoms with Gasteiger partial charge in [-0.3, -0.25) is 0 Å². The van der Waals surface area contributed by atoms with Crippen LogP contribution in [-0.2, 0) is 0 Å². The zero-order valence-electron chi connectivity index (χ0n) is 10.7. The zero-order chi connectivity index (χ0) is 11.1. The zero-order valence-corrected chi connectivity index (χ0v) is 11.6. The molecule has 1 aliphatic heterocycles. The molecule has 0 N–H and O–H groups in total. The summed E-state index contributed by atoms with van der Waals surface area (Å²) in [6.07, 6.45) is 9.10. The standard InChI is InChI=1S/C14H24BP/c1-9-3-5-11-12-6-4-10(2)8-14(12)16-15-13(11)7-9/h9-14H,3-8H2,1-2H3. The second-order valence-corrected chi connectivity index (χ2v) is 7.95. The van der Waals surface area contributed by atoms with Gasteiger partial charge in [0.05, 0.1) is 0 Å². The minimum atomic E-state index is 0.986. The summed E-state index contributed by atoms with van der Waals surface area (Å²) < 4.78 is 0. The van der Waals surface area contributed by atoms with Crippen LogP contribution in [0, 0.1) is 23.7 Å². The van der Waals surface area contributed by atoms with Crippen LogP contribution in [0.1, 0.15) is 52.4 Å². The van der Waals surface area contributed by atoms with E-state index < -0.39 is 0 Å². The molecule has 3 aliphatic rings. The van der Waals surface area contributed by atoms with E-state index in [0.717, 1.165) is 35.1 Å². The van der Waals surface area contributed by atoms with E-state index in [9.17, 15) is 0 Å². The van der Waals surface area contributed by atoms with E-state index >= 15 is 0 Å². The average molecular weight is 234 g/mol. The first-order chi connectivity index (χ1) is 7.74. The van der Waals surface area contributed by atoms with Gasteiger partial charge < -0.3 is 0 Å². The fourth-order valence-corrected chi connectivity index (χ4v) is 6.28. The van der Waals surface area contributed by atoms with E-state index in [1.807, 2.05) is 0 Å². The van der Waals surface area contributed by atoms with E-state index in [-0.39, 0.29) is 0 Å². The molecule has 6 atom stereocenters. The molecule has 0 aromatic rings. The molecule has 2 fully saturated rings. The monoisotopic (exact) mass is 234 g/mol. The molecule has 6 unspecified atom stereocenters. The predicted molar refractivity (Wildman–Crippen MR) is 73.2 cm³/mol. The fourth-order valence-electron chi connectivity index (χ4n) is 4.42. The van der Waals surface area contributed by atoms with Crippen LogP contribution in [0.15, 0.2) is 0 Å². The van der Waals surface area contributed by atoms with Crippen molar-refractivity contribution in [2.75, 3.05) is 0 Å². The molecule has 1 heterocycles. The van der Waals surface area contributed by atoms with Gasteiger partial charge in [-0.25, -0.2) is 0 Å². The van der Waals surface area contributed by atoms with Crippen molar-refractivity contribution in [3.63, 3.8) is 0 Å². The van der Waals surface area contributed by atoms with E-state index in [1.54, 1.807) is 14.5 Å². The molecule has 0 aromatic carbocycles. The molecule has 0 spiro atoms. The number of rotatable bonds is 0. The summed E-state index contributed by atoms with van der Waals surface area (Å²) in [5.74, 6) is 5.16. The molecule has 2 heteroatoms. The maximum absolute atomic E-state index is 2.69. The molecule has 0 radical (unpaired) electrons. The summed E-state index contributed by atoms with van der Waals surface area (Å²) in [5, 5.41) is 0. The van der Waals surface area contributed by atoms with E-state index in [1.165, 1.54) is 32.1 Å². The van der Waals surface area contributed by atoms with Crippen LogP contribution in [0.3, 0.4) is 0 Å². The van der Waals surface area contributed by atoms with Crippen molar-refractivity contribution in [3.05, 3.63) is 0 Å². The third-order valence-electron chi connectivity index (χ3n) is 5.37. The van der Waals surface area contributed by atoms with Gasteiger partial charge in [0.1, 0.15) is 0 Å². The van der Waals surface area contributed by atoms with Gasteiger partial charge in [0.2, 0.25) is 0 Å². The van der Waals surface area contributed by atoms with E-state index in [2.05, 4.69) is 20.5 Å². The molecular weight excluding hydrogens is 210 g/mol. The SMILES string of the molecule is CC1CCC2C(B=PC3CC(C)CCC32)C1. The van der Waals surface area contributed by atoms with Gasteiger partial charge >= 0.3 is 102 Å². The van der Waals surface area contributed by atoms with Gasteiger partial charge in [0.25, 0.3) is 0 Å². The van der Waals surface area contributed by atoms with Crippen LogP contribution < -0.4 is 0 Å². The second-order valence-electron chi connectivity index (χ2n) is 6.69. The first kappa shape index (κ1) is 11.5. The third-order valence-corrected chi connectivity index (χ3v) is 6.90. The molecular formula is C14H24BP. The van der Waals surface area contributed by atoms with Gasteiger partial charge in [-0.15, -0.1) is 0 Å². The summed E-state index contributed by atoms with van der Waals surface area (Å²) in [7, 11) is 1.70. The Morgan fingerprint density at radius 3 is 2.38 bits per heavy atom. The van der Waals surface area contributed by atoms with Gasteiger partial charge in [-0.2, -0.15) is 0 Å². The summed E-state index contributed by atoms with van der Waals surface area (Å²) in [6, 6.07) is 0. The molecule has 0 saturated heterocycles. The molecule has 88 valence electrons. The Morgan fingerprint density at radius 2 is 1.56 bits per heavy atom. The van der Waals surface area contributed by atoms with Crippen molar-refractivity contribution in [1.29, 1.82) is 0 Å². The Hall–Kier alpha value is 0.365. The second kappa shape index (κ2) is 4.56. The van der Waals surface area contributed by atoms with E-state index in [0.29, 0.717) is 0 Å². The van der Waals surface area contributed by atoms with Crippen molar-refractivity contribution in [2.45, 2.75) is 63.8 Å². The van der Waals surface area contributed by atoms with Crippen LogP contribution in [0.4, 0.5) is 0 Å². The van der Waals surface area contributed by atoms with Crippen LogP contribution in [0.2, 0.25) is 5.82 Å². The van der Waals surface area contributed by atoms with Crippen molar-refractivity contribution >= 4 is 14.7 Å². The normalized spacial score (nSPS) is 52.4. The Morgan fingerprint density at radius 1 is 0.875 bits per heavy atom. The van der Waals surface area contributed by atoms with Gasteiger partial charge in [-0.05, 0) is 0 Å². The van der Waals surface area contributed by atoms with Crippen molar-refractivity contribution in [1.82, 2.24) is 0 Å². The summed E-state index contributed by atoms with van der Waals surface area (Å²) in [6.45, 7) is 7.61. The van der Waals surface area contributed by atoms with Gasteiger partial charge in [0.15, 0.2) is 0 Å². The molecule has 0 bridgehead atoms. The Balaban J connectivity index is 1.78. The average Bonchev–Trinajstić information content (AvgIpc) is 2.28. The number of hydrogen-bond acceptors (Lipinski definition) is 0. The Labute approximate surface area is 103 Å². The Bertz CT molecular complexity index is 260. The predicted octanol–water partition coefficient (Wildman–Crippen LogP) is 4.59. The molecule has 2 aliphatic carbocycles. The molecule has 0 amide bonds. The first-order valence-electron chi connectivity index (χ1n) is 7.27. The van der Waals surface area contributed by atoms with Gasteiger partial charge in [-0.1, -0.05) is 0 Å². The van der Waals surface area contributed by atoms with Gasteiger partial charge in [0, 0.05) is 0 Å². The van der Waals surface area contributed by atoms with Crippen LogP contribution in [0.25, 0.3) is 0 Å². The Kier molecular flexibility index (Phi) is 3.27. The van der Waals surface area contributed by atoms with Crippen molar-refractivity contribution in [2.24, 2.45) is 23.7 Å².